The van der Waals surface area contributed by atoms with Crippen molar-refractivity contribution in [2.45, 2.75) is 38.6 Å². The van der Waals surface area contributed by atoms with Crippen molar-refractivity contribution < 1.29 is 4.74 Å². The Balaban J connectivity index is 2.10. The van der Waals surface area contributed by atoms with Crippen molar-refractivity contribution in [3.63, 3.8) is 0 Å². The zero-order valence-corrected chi connectivity index (χ0v) is 10.1. The average molecular weight is 219 g/mol. The second kappa shape index (κ2) is 4.88. The van der Waals surface area contributed by atoms with Crippen LogP contribution >= 0.6 is 0 Å². The van der Waals surface area contributed by atoms with E-state index in [1.807, 2.05) is 6.92 Å². The van der Waals surface area contributed by atoms with E-state index in [0.717, 1.165) is 18.8 Å². The standard InChI is InChI=1S/C14H21NO/c1-3-16-12-6-4-11(5-7-12)13-8-9-14(15)10(13)2/h4-7,10,13-14H,3,8-9,15H2,1-2H3. The van der Waals surface area contributed by atoms with Crippen molar-refractivity contribution in [1.82, 2.24) is 0 Å². The summed E-state index contributed by atoms with van der Waals surface area (Å²) in [6.07, 6.45) is 2.37. The smallest absolute Gasteiger partial charge is 0.119 e. The van der Waals surface area contributed by atoms with Crippen LogP contribution in [0.2, 0.25) is 0 Å². The van der Waals surface area contributed by atoms with E-state index in [1.54, 1.807) is 0 Å². The monoisotopic (exact) mass is 219 g/mol. The molecule has 2 nitrogen and oxygen atoms in total. The lowest BCUT2D eigenvalue weighted by molar-refractivity contribution is 0.340. The van der Waals surface area contributed by atoms with E-state index in [1.165, 1.54) is 12.0 Å². The van der Waals surface area contributed by atoms with Crippen molar-refractivity contribution in [2.24, 2.45) is 11.7 Å². The van der Waals surface area contributed by atoms with Crippen LogP contribution in [0.4, 0.5) is 0 Å². The van der Waals surface area contributed by atoms with Gasteiger partial charge in [-0.05, 0) is 49.3 Å². The fourth-order valence-electron chi connectivity index (χ4n) is 2.64. The molecule has 1 aromatic rings. The van der Waals surface area contributed by atoms with E-state index >= 15 is 0 Å². The van der Waals surface area contributed by atoms with Gasteiger partial charge < -0.3 is 10.5 Å². The third kappa shape index (κ3) is 2.22. The Hall–Kier alpha value is -1.02. The Kier molecular flexibility index (Phi) is 3.49. The SMILES string of the molecule is CCOc1ccc(C2CCC(N)C2C)cc1. The Labute approximate surface area is 97.8 Å². The molecule has 0 aliphatic heterocycles. The minimum Gasteiger partial charge on any atom is -0.494 e. The minimum absolute atomic E-state index is 0.372. The summed E-state index contributed by atoms with van der Waals surface area (Å²) < 4.78 is 5.45. The zero-order valence-electron chi connectivity index (χ0n) is 10.1. The zero-order chi connectivity index (χ0) is 11.5. The largest absolute Gasteiger partial charge is 0.494 e. The molecule has 1 fully saturated rings. The molecule has 0 spiro atoms. The number of hydrogen-bond donors (Lipinski definition) is 1. The molecule has 88 valence electrons. The van der Waals surface area contributed by atoms with Crippen LogP contribution in [0.3, 0.4) is 0 Å². The lowest BCUT2D eigenvalue weighted by atomic mass is 9.89. The van der Waals surface area contributed by atoms with Gasteiger partial charge >= 0.3 is 0 Å². The molecule has 3 unspecified atom stereocenters. The molecule has 16 heavy (non-hydrogen) atoms. The van der Waals surface area contributed by atoms with Gasteiger partial charge in [0, 0.05) is 6.04 Å². The molecule has 0 aromatic heterocycles. The highest BCUT2D eigenvalue weighted by atomic mass is 16.5. The van der Waals surface area contributed by atoms with Crippen LogP contribution in [-0.2, 0) is 0 Å². The Morgan fingerprint density at radius 2 is 1.94 bits per heavy atom. The second-order valence-electron chi connectivity index (χ2n) is 4.71. The molecule has 0 heterocycles. The summed E-state index contributed by atoms with van der Waals surface area (Å²) in [5.74, 6) is 2.19. The molecule has 2 rings (SSSR count). The molecule has 2 N–H and O–H groups in total. The van der Waals surface area contributed by atoms with Crippen molar-refractivity contribution in [3.05, 3.63) is 29.8 Å². The topological polar surface area (TPSA) is 35.2 Å². The van der Waals surface area contributed by atoms with E-state index in [2.05, 4.69) is 31.2 Å². The minimum atomic E-state index is 0.372. The first-order valence-electron chi connectivity index (χ1n) is 6.20. The maximum absolute atomic E-state index is 6.06. The van der Waals surface area contributed by atoms with Gasteiger partial charge in [0.05, 0.1) is 6.61 Å². The maximum atomic E-state index is 6.06. The van der Waals surface area contributed by atoms with Gasteiger partial charge in [-0.1, -0.05) is 19.1 Å². The van der Waals surface area contributed by atoms with Gasteiger partial charge in [-0.25, -0.2) is 0 Å². The van der Waals surface area contributed by atoms with Gasteiger partial charge in [0.1, 0.15) is 5.75 Å². The fraction of sp³-hybridized carbons (Fsp3) is 0.571. The lowest BCUT2D eigenvalue weighted by Crippen LogP contribution is -2.24. The normalized spacial score (nSPS) is 29.3. The molecule has 0 amide bonds. The lowest BCUT2D eigenvalue weighted by Gasteiger charge is -2.18. The molecule has 2 heteroatoms. The van der Waals surface area contributed by atoms with Crippen LogP contribution in [0.15, 0.2) is 24.3 Å². The van der Waals surface area contributed by atoms with E-state index in [-0.39, 0.29) is 0 Å². The number of ether oxygens (including phenoxy) is 1. The number of nitrogens with two attached hydrogens (primary N) is 1. The molecule has 1 aliphatic carbocycles. The number of benzene rings is 1. The van der Waals surface area contributed by atoms with Crippen LogP contribution < -0.4 is 10.5 Å². The number of rotatable bonds is 3. The molecule has 0 radical (unpaired) electrons. The van der Waals surface area contributed by atoms with Crippen LogP contribution in [0, 0.1) is 5.92 Å². The molecule has 0 bridgehead atoms. The van der Waals surface area contributed by atoms with Gasteiger partial charge in [0.25, 0.3) is 0 Å². The summed E-state index contributed by atoms with van der Waals surface area (Å²) in [6, 6.07) is 8.87. The summed E-state index contributed by atoms with van der Waals surface area (Å²) >= 11 is 0. The highest BCUT2D eigenvalue weighted by Crippen LogP contribution is 2.38. The highest BCUT2D eigenvalue weighted by Gasteiger charge is 2.31. The summed E-state index contributed by atoms with van der Waals surface area (Å²) in [7, 11) is 0. The summed E-state index contributed by atoms with van der Waals surface area (Å²) in [5.41, 5.74) is 7.47. The van der Waals surface area contributed by atoms with Crippen LogP contribution in [0.5, 0.6) is 5.75 Å². The van der Waals surface area contributed by atoms with E-state index in [4.69, 9.17) is 10.5 Å². The summed E-state index contributed by atoms with van der Waals surface area (Å²) in [6.45, 7) is 4.99. The van der Waals surface area contributed by atoms with Gasteiger partial charge in [-0.15, -0.1) is 0 Å². The molecule has 1 aromatic carbocycles. The molecular formula is C14H21NO. The van der Waals surface area contributed by atoms with Gasteiger partial charge in [-0.2, -0.15) is 0 Å². The average Bonchev–Trinajstić information content (AvgIpc) is 2.62. The third-order valence-corrected chi connectivity index (χ3v) is 3.74. The third-order valence-electron chi connectivity index (χ3n) is 3.74. The fourth-order valence-corrected chi connectivity index (χ4v) is 2.64. The first-order valence-corrected chi connectivity index (χ1v) is 6.20. The first-order chi connectivity index (χ1) is 7.72. The summed E-state index contributed by atoms with van der Waals surface area (Å²) in [4.78, 5) is 0. The molecule has 1 saturated carbocycles. The van der Waals surface area contributed by atoms with E-state index < -0.39 is 0 Å². The highest BCUT2D eigenvalue weighted by molar-refractivity contribution is 5.30. The molecule has 3 atom stereocenters. The Bertz CT molecular complexity index is 333. The van der Waals surface area contributed by atoms with Crippen molar-refractivity contribution in [2.75, 3.05) is 6.61 Å². The predicted octanol–water partition coefficient (Wildman–Crippen LogP) is 2.93. The van der Waals surface area contributed by atoms with Crippen molar-refractivity contribution in [3.8, 4) is 5.75 Å². The Morgan fingerprint density at radius 3 is 2.44 bits per heavy atom. The van der Waals surface area contributed by atoms with Crippen LogP contribution in [0.1, 0.15) is 38.2 Å². The quantitative estimate of drug-likeness (QED) is 0.848. The summed E-state index contributed by atoms with van der Waals surface area (Å²) in [5, 5.41) is 0. The van der Waals surface area contributed by atoms with Crippen molar-refractivity contribution >= 4 is 0 Å². The van der Waals surface area contributed by atoms with Gasteiger partial charge in [-0.3, -0.25) is 0 Å². The Morgan fingerprint density at radius 1 is 1.25 bits per heavy atom. The van der Waals surface area contributed by atoms with E-state index in [0.29, 0.717) is 17.9 Å². The van der Waals surface area contributed by atoms with Gasteiger partial charge in [0.15, 0.2) is 0 Å². The van der Waals surface area contributed by atoms with E-state index in [9.17, 15) is 0 Å². The molecular weight excluding hydrogens is 198 g/mol. The molecule has 0 saturated heterocycles. The van der Waals surface area contributed by atoms with Crippen molar-refractivity contribution in [1.29, 1.82) is 0 Å². The number of hydrogen-bond acceptors (Lipinski definition) is 2. The van der Waals surface area contributed by atoms with Crippen LogP contribution in [0.25, 0.3) is 0 Å². The first kappa shape index (κ1) is 11.5. The maximum Gasteiger partial charge on any atom is 0.119 e. The molecule has 1 aliphatic rings. The second-order valence-corrected chi connectivity index (χ2v) is 4.71. The van der Waals surface area contributed by atoms with Crippen LogP contribution in [-0.4, -0.2) is 12.6 Å². The predicted molar refractivity (Wildman–Crippen MR) is 66.7 cm³/mol. The van der Waals surface area contributed by atoms with Gasteiger partial charge in [0.2, 0.25) is 0 Å².